The summed E-state index contributed by atoms with van der Waals surface area (Å²) in [5.74, 6) is -2.06. The van der Waals surface area contributed by atoms with Crippen molar-refractivity contribution < 1.29 is 40.6 Å². The zero-order chi connectivity index (χ0) is 23.0. The molecule has 1 unspecified atom stereocenters. The van der Waals surface area contributed by atoms with Gasteiger partial charge in [0.2, 0.25) is 10.0 Å². The van der Waals surface area contributed by atoms with E-state index in [2.05, 4.69) is 4.72 Å². The molecule has 0 saturated carbocycles. The van der Waals surface area contributed by atoms with Crippen LogP contribution in [0.2, 0.25) is 0 Å². The molecule has 2 N–H and O–H groups in total. The molecule has 2 radical (unpaired) electrons. The fourth-order valence-electron chi connectivity index (χ4n) is 3.44. The number of fused-ring (bicyclic) bond motifs is 1. The molecule has 0 bridgehead atoms. The van der Waals surface area contributed by atoms with Gasteiger partial charge >= 0.3 is 12.1 Å². The van der Waals surface area contributed by atoms with Gasteiger partial charge in [-0.3, -0.25) is 0 Å². The zero-order valence-corrected chi connectivity index (χ0v) is 16.7. The second-order valence-electron chi connectivity index (χ2n) is 7.01. The molecule has 164 valence electrons. The Labute approximate surface area is 176 Å². The molecule has 1 aliphatic carbocycles. The van der Waals surface area contributed by atoms with Gasteiger partial charge in [0, 0.05) is 12.1 Å². The lowest BCUT2D eigenvalue weighted by molar-refractivity contribution is -0.139. The van der Waals surface area contributed by atoms with E-state index in [0.29, 0.717) is 30.5 Å². The summed E-state index contributed by atoms with van der Waals surface area (Å²) < 4.78 is 86.2. The lowest BCUT2D eigenvalue weighted by Crippen LogP contribution is -2.32. The van der Waals surface area contributed by atoms with E-state index in [1.54, 1.807) is 0 Å². The average Bonchev–Trinajstić information content (AvgIpc) is 2.65. The SMILES string of the molecule is [B]c1cc(C(F)(F)F)cc(S(=O)(=O)NC2CCCc3c(OCC(=O)O)cc(F)cc32)c1. The number of nitrogens with one attached hydrogen (secondary N) is 1. The third kappa shape index (κ3) is 5.37. The van der Waals surface area contributed by atoms with Crippen molar-refractivity contribution in [3.63, 3.8) is 0 Å². The predicted octanol–water partition coefficient (Wildman–Crippen LogP) is 2.46. The van der Waals surface area contributed by atoms with Crippen molar-refractivity contribution in [2.24, 2.45) is 0 Å². The molecule has 2 aromatic carbocycles. The third-order valence-corrected chi connectivity index (χ3v) is 6.17. The summed E-state index contributed by atoms with van der Waals surface area (Å²) in [6.45, 7) is -0.713. The number of rotatable bonds is 6. The van der Waals surface area contributed by atoms with Crippen molar-refractivity contribution in [1.29, 1.82) is 0 Å². The normalized spacial score (nSPS) is 16.6. The number of alkyl halides is 3. The van der Waals surface area contributed by atoms with Gasteiger partial charge < -0.3 is 9.84 Å². The quantitative estimate of drug-likeness (QED) is 0.514. The topological polar surface area (TPSA) is 92.7 Å². The van der Waals surface area contributed by atoms with Crippen LogP contribution in [0, 0.1) is 5.82 Å². The van der Waals surface area contributed by atoms with Crippen LogP contribution in [-0.2, 0) is 27.4 Å². The number of aliphatic carboxylic acids is 1. The van der Waals surface area contributed by atoms with Crippen molar-refractivity contribution in [3.05, 3.63) is 52.8 Å². The van der Waals surface area contributed by atoms with Crippen LogP contribution in [0.25, 0.3) is 0 Å². The second kappa shape index (κ2) is 8.50. The van der Waals surface area contributed by atoms with Crippen molar-refractivity contribution in [1.82, 2.24) is 4.72 Å². The van der Waals surface area contributed by atoms with Crippen molar-refractivity contribution in [2.45, 2.75) is 36.4 Å². The lowest BCUT2D eigenvalue weighted by Gasteiger charge is -2.28. The molecule has 0 heterocycles. The maximum Gasteiger partial charge on any atom is 0.416 e. The summed E-state index contributed by atoms with van der Waals surface area (Å²) in [6, 6.07) is 3.13. The van der Waals surface area contributed by atoms with Crippen molar-refractivity contribution >= 4 is 29.3 Å². The maximum absolute atomic E-state index is 14.1. The van der Waals surface area contributed by atoms with Gasteiger partial charge in [0.25, 0.3) is 0 Å². The Morgan fingerprint density at radius 2 is 1.94 bits per heavy atom. The fraction of sp³-hybridized carbons (Fsp3) is 0.316. The third-order valence-electron chi connectivity index (χ3n) is 4.72. The Morgan fingerprint density at radius 1 is 1.23 bits per heavy atom. The maximum atomic E-state index is 14.1. The fourth-order valence-corrected chi connectivity index (χ4v) is 4.76. The first kappa shape index (κ1) is 23.1. The van der Waals surface area contributed by atoms with Crippen molar-refractivity contribution in [3.8, 4) is 5.75 Å². The smallest absolute Gasteiger partial charge is 0.416 e. The highest BCUT2D eigenvalue weighted by molar-refractivity contribution is 7.89. The minimum absolute atomic E-state index is 0.0235. The van der Waals surface area contributed by atoms with E-state index in [-0.39, 0.29) is 23.2 Å². The molecule has 3 rings (SSSR count). The Balaban J connectivity index is 1.96. The number of sulfonamides is 1. The molecule has 0 fully saturated rings. The number of halogens is 4. The van der Waals surface area contributed by atoms with Gasteiger partial charge in [-0.1, -0.05) is 11.5 Å². The van der Waals surface area contributed by atoms with E-state index in [4.69, 9.17) is 17.7 Å². The Kier molecular flexibility index (Phi) is 6.33. The van der Waals surface area contributed by atoms with E-state index >= 15 is 0 Å². The molecule has 0 amide bonds. The van der Waals surface area contributed by atoms with Crippen LogP contribution in [0.1, 0.15) is 35.6 Å². The summed E-state index contributed by atoms with van der Waals surface area (Å²) in [4.78, 5) is 10.1. The first-order valence-corrected chi connectivity index (χ1v) is 10.5. The first-order valence-electron chi connectivity index (χ1n) is 9.04. The molecule has 31 heavy (non-hydrogen) atoms. The van der Waals surface area contributed by atoms with Gasteiger partial charge in [-0.25, -0.2) is 22.3 Å². The van der Waals surface area contributed by atoms with Crippen LogP contribution in [0.4, 0.5) is 17.6 Å². The van der Waals surface area contributed by atoms with Crippen LogP contribution in [-0.4, -0.2) is 33.9 Å². The predicted molar refractivity (Wildman–Crippen MR) is 102 cm³/mol. The number of carboxylic acid groups (broad SMARTS) is 1. The van der Waals surface area contributed by atoms with Crippen LogP contribution in [0.15, 0.2) is 35.2 Å². The van der Waals surface area contributed by atoms with Gasteiger partial charge in [-0.2, -0.15) is 13.2 Å². The van der Waals surface area contributed by atoms with Crippen LogP contribution < -0.4 is 14.9 Å². The molecule has 1 aliphatic rings. The number of ether oxygens (including phenoxy) is 1. The summed E-state index contributed by atoms with van der Waals surface area (Å²) in [5.41, 5.74) is -0.928. The second-order valence-corrected chi connectivity index (χ2v) is 8.72. The summed E-state index contributed by atoms with van der Waals surface area (Å²) in [6.07, 6.45) is -3.70. The minimum Gasteiger partial charge on any atom is -0.482 e. The average molecular weight is 457 g/mol. The van der Waals surface area contributed by atoms with Gasteiger partial charge in [0.1, 0.15) is 19.4 Å². The lowest BCUT2D eigenvalue weighted by atomic mass is 9.87. The van der Waals surface area contributed by atoms with E-state index in [9.17, 15) is 30.8 Å². The molecule has 0 saturated heterocycles. The van der Waals surface area contributed by atoms with Gasteiger partial charge in [0.15, 0.2) is 6.61 Å². The van der Waals surface area contributed by atoms with Crippen LogP contribution in [0.3, 0.4) is 0 Å². The number of benzene rings is 2. The van der Waals surface area contributed by atoms with E-state index < -0.39 is 51.1 Å². The van der Waals surface area contributed by atoms with E-state index in [1.807, 2.05) is 0 Å². The molecule has 0 aliphatic heterocycles. The molecule has 1 atom stereocenters. The van der Waals surface area contributed by atoms with Gasteiger partial charge in [-0.05, 0) is 48.6 Å². The van der Waals surface area contributed by atoms with E-state index in [1.165, 1.54) is 0 Å². The number of carboxylic acids is 1. The van der Waals surface area contributed by atoms with Crippen LogP contribution in [0.5, 0.6) is 5.75 Å². The molecular weight excluding hydrogens is 441 g/mol. The van der Waals surface area contributed by atoms with Gasteiger partial charge in [-0.15, -0.1) is 0 Å². The Hall–Kier alpha value is -2.60. The standard InChI is InChI=1S/C19H16BF4NO5S/c20-11-4-10(19(22,23)24)5-13(6-11)31(28,29)25-16-3-1-2-14-15(16)7-12(21)8-17(14)30-9-18(26)27/h4-8,16,25H,1-3,9H2,(H,26,27). The molecule has 0 spiro atoms. The van der Waals surface area contributed by atoms with Crippen LogP contribution >= 0.6 is 0 Å². The molecule has 6 nitrogen and oxygen atoms in total. The summed E-state index contributed by atoms with van der Waals surface area (Å²) >= 11 is 0. The highest BCUT2D eigenvalue weighted by Crippen LogP contribution is 2.37. The molecule has 2 aromatic rings. The monoisotopic (exact) mass is 457 g/mol. The van der Waals surface area contributed by atoms with E-state index in [0.717, 1.165) is 18.2 Å². The number of carbonyl (C=O) groups is 1. The highest BCUT2D eigenvalue weighted by Gasteiger charge is 2.33. The summed E-state index contributed by atoms with van der Waals surface area (Å²) in [7, 11) is 1.01. The Bertz CT molecular complexity index is 1120. The molecular formula is C19H16BF4NO5S. The molecule has 0 aromatic heterocycles. The number of hydrogen-bond acceptors (Lipinski definition) is 4. The highest BCUT2D eigenvalue weighted by atomic mass is 32.2. The zero-order valence-electron chi connectivity index (χ0n) is 15.9. The van der Waals surface area contributed by atoms with Crippen molar-refractivity contribution in [2.75, 3.05) is 6.61 Å². The minimum atomic E-state index is -4.80. The largest absolute Gasteiger partial charge is 0.482 e. The molecule has 12 heteroatoms. The number of hydrogen-bond donors (Lipinski definition) is 2. The summed E-state index contributed by atoms with van der Waals surface area (Å²) in [5, 5.41) is 8.78. The first-order chi connectivity index (χ1) is 14.4. The van der Waals surface area contributed by atoms with Gasteiger partial charge in [0.05, 0.1) is 10.5 Å². The Morgan fingerprint density at radius 3 is 2.58 bits per heavy atom.